The minimum absolute atomic E-state index is 0.264. The number of anilines is 1. The summed E-state index contributed by atoms with van der Waals surface area (Å²) in [4.78, 5) is 0. The summed E-state index contributed by atoms with van der Waals surface area (Å²) in [5, 5.41) is 0.264. The van der Waals surface area contributed by atoms with Crippen LogP contribution in [0.5, 0.6) is 0 Å². The van der Waals surface area contributed by atoms with Crippen LogP contribution in [0.3, 0.4) is 0 Å². The highest BCUT2D eigenvalue weighted by molar-refractivity contribution is 6.31. The molecule has 1 heterocycles. The van der Waals surface area contributed by atoms with Gasteiger partial charge in [0.1, 0.15) is 0 Å². The molecule has 0 atom stereocenters. The zero-order valence-electron chi connectivity index (χ0n) is 3.52. The fourth-order valence-electron chi connectivity index (χ4n) is 0.301. The van der Waals surface area contributed by atoms with E-state index in [2.05, 4.69) is 4.42 Å². The van der Waals surface area contributed by atoms with E-state index in [-0.39, 0.29) is 5.22 Å². The van der Waals surface area contributed by atoms with Gasteiger partial charge in [-0.2, -0.15) is 0 Å². The Kier molecular flexibility index (Phi) is 0.947. The first-order valence-electron chi connectivity index (χ1n) is 1.79. The third-order valence-electron chi connectivity index (χ3n) is 0.646. The number of hydrogen-bond donors (Lipinski definition) is 1. The van der Waals surface area contributed by atoms with Crippen molar-refractivity contribution in [2.45, 2.75) is 0 Å². The lowest BCUT2D eigenvalue weighted by Crippen LogP contribution is -1.77. The fraction of sp³-hybridized carbons (Fsp3) is 0. The standard InChI is InChI=1S/C4H4ClNO/c5-4-3(6)1-2-7-4/h1-2H,6H2. The number of rotatable bonds is 0. The molecule has 0 saturated carbocycles. The molecule has 0 unspecified atom stereocenters. The minimum atomic E-state index is 0.264. The van der Waals surface area contributed by atoms with Gasteiger partial charge in [-0.1, -0.05) is 0 Å². The molecule has 0 aliphatic carbocycles. The third kappa shape index (κ3) is 0.695. The molecule has 0 aliphatic heterocycles. The summed E-state index contributed by atoms with van der Waals surface area (Å²) >= 11 is 5.33. The Morgan fingerprint density at radius 2 is 2.43 bits per heavy atom. The van der Waals surface area contributed by atoms with E-state index in [1.807, 2.05) is 0 Å². The first-order valence-corrected chi connectivity index (χ1v) is 2.17. The molecule has 0 radical (unpaired) electrons. The second-order valence-corrected chi connectivity index (χ2v) is 1.49. The van der Waals surface area contributed by atoms with Crippen LogP contribution in [0.25, 0.3) is 0 Å². The highest BCUT2D eigenvalue weighted by atomic mass is 35.5. The van der Waals surface area contributed by atoms with E-state index in [1.165, 1.54) is 6.26 Å². The second kappa shape index (κ2) is 1.46. The molecule has 3 heteroatoms. The summed E-state index contributed by atoms with van der Waals surface area (Å²) in [7, 11) is 0. The SMILES string of the molecule is Nc1ccoc1Cl. The molecule has 2 N–H and O–H groups in total. The van der Waals surface area contributed by atoms with Crippen LogP contribution in [0.15, 0.2) is 16.7 Å². The smallest absolute Gasteiger partial charge is 0.215 e. The zero-order valence-corrected chi connectivity index (χ0v) is 4.27. The van der Waals surface area contributed by atoms with E-state index in [0.29, 0.717) is 5.69 Å². The average molecular weight is 118 g/mol. The van der Waals surface area contributed by atoms with Crippen molar-refractivity contribution in [3.8, 4) is 0 Å². The van der Waals surface area contributed by atoms with E-state index >= 15 is 0 Å². The van der Waals surface area contributed by atoms with Gasteiger partial charge in [0, 0.05) is 6.07 Å². The van der Waals surface area contributed by atoms with E-state index in [1.54, 1.807) is 6.07 Å². The van der Waals surface area contributed by atoms with Crippen LogP contribution in [0.2, 0.25) is 5.22 Å². The molecule has 0 fully saturated rings. The highest BCUT2D eigenvalue weighted by Crippen LogP contribution is 2.17. The van der Waals surface area contributed by atoms with Crippen molar-refractivity contribution in [2.24, 2.45) is 0 Å². The van der Waals surface area contributed by atoms with Crippen LogP contribution in [0, 0.1) is 0 Å². The van der Waals surface area contributed by atoms with Gasteiger partial charge in [0.25, 0.3) is 0 Å². The van der Waals surface area contributed by atoms with E-state index in [4.69, 9.17) is 17.3 Å². The molecule has 1 rings (SSSR count). The summed E-state index contributed by atoms with van der Waals surface area (Å²) in [5.74, 6) is 0. The van der Waals surface area contributed by atoms with Gasteiger partial charge in [-0.05, 0) is 11.6 Å². The molecule has 7 heavy (non-hydrogen) atoms. The molecule has 0 aliphatic rings. The molecular formula is C4H4ClNO. The van der Waals surface area contributed by atoms with Crippen molar-refractivity contribution < 1.29 is 4.42 Å². The minimum Gasteiger partial charge on any atom is -0.451 e. The van der Waals surface area contributed by atoms with Crippen molar-refractivity contribution >= 4 is 17.3 Å². The molecular weight excluding hydrogens is 114 g/mol. The summed E-state index contributed by atoms with van der Waals surface area (Å²) in [6.07, 6.45) is 1.44. The summed E-state index contributed by atoms with van der Waals surface area (Å²) in [6, 6.07) is 1.60. The molecule has 1 aromatic rings. The van der Waals surface area contributed by atoms with Gasteiger partial charge in [-0.25, -0.2) is 0 Å². The first kappa shape index (κ1) is 4.53. The number of hydrogen-bond acceptors (Lipinski definition) is 2. The molecule has 0 saturated heterocycles. The van der Waals surface area contributed by atoms with E-state index in [0.717, 1.165) is 0 Å². The predicted molar refractivity (Wildman–Crippen MR) is 28.1 cm³/mol. The molecule has 0 amide bonds. The van der Waals surface area contributed by atoms with Crippen LogP contribution in [-0.4, -0.2) is 0 Å². The van der Waals surface area contributed by atoms with E-state index < -0.39 is 0 Å². The lowest BCUT2D eigenvalue weighted by Gasteiger charge is -1.77. The van der Waals surface area contributed by atoms with Crippen LogP contribution in [0.4, 0.5) is 5.69 Å². The normalized spacial score (nSPS) is 9.29. The Balaban J connectivity index is 3.12. The van der Waals surface area contributed by atoms with Crippen LogP contribution < -0.4 is 5.73 Å². The molecule has 1 aromatic heterocycles. The predicted octanol–water partition coefficient (Wildman–Crippen LogP) is 1.52. The van der Waals surface area contributed by atoms with Crippen molar-refractivity contribution in [2.75, 3.05) is 5.73 Å². The maximum atomic E-state index is 5.33. The van der Waals surface area contributed by atoms with Gasteiger partial charge in [0.2, 0.25) is 5.22 Å². The molecule has 2 nitrogen and oxygen atoms in total. The molecule has 0 aromatic carbocycles. The van der Waals surface area contributed by atoms with Crippen LogP contribution in [-0.2, 0) is 0 Å². The van der Waals surface area contributed by atoms with Crippen molar-refractivity contribution in [1.29, 1.82) is 0 Å². The number of nitrogen functional groups attached to an aromatic ring is 1. The Morgan fingerprint density at radius 3 is 2.57 bits per heavy atom. The molecule has 0 bridgehead atoms. The average Bonchev–Trinajstić information content (AvgIpc) is 1.91. The number of halogens is 1. The van der Waals surface area contributed by atoms with Gasteiger partial charge in [0.15, 0.2) is 0 Å². The van der Waals surface area contributed by atoms with Gasteiger partial charge in [0.05, 0.1) is 12.0 Å². The Hall–Kier alpha value is -0.630. The maximum absolute atomic E-state index is 5.33. The van der Waals surface area contributed by atoms with Gasteiger partial charge in [-0.15, -0.1) is 0 Å². The van der Waals surface area contributed by atoms with Gasteiger partial charge < -0.3 is 10.2 Å². The Morgan fingerprint density at radius 1 is 1.71 bits per heavy atom. The maximum Gasteiger partial charge on any atom is 0.215 e. The molecule has 38 valence electrons. The van der Waals surface area contributed by atoms with Crippen molar-refractivity contribution in [3.05, 3.63) is 17.5 Å². The third-order valence-corrected chi connectivity index (χ3v) is 0.953. The van der Waals surface area contributed by atoms with Crippen molar-refractivity contribution in [3.63, 3.8) is 0 Å². The fourth-order valence-corrected chi connectivity index (χ4v) is 0.415. The van der Waals surface area contributed by atoms with Crippen LogP contribution >= 0.6 is 11.6 Å². The first-order chi connectivity index (χ1) is 3.30. The lowest BCUT2D eigenvalue weighted by molar-refractivity contribution is 0.570. The van der Waals surface area contributed by atoms with Crippen molar-refractivity contribution in [1.82, 2.24) is 0 Å². The largest absolute Gasteiger partial charge is 0.451 e. The van der Waals surface area contributed by atoms with Crippen LogP contribution in [0.1, 0.15) is 0 Å². The summed E-state index contributed by atoms with van der Waals surface area (Å²) in [6.45, 7) is 0. The van der Waals surface area contributed by atoms with Gasteiger partial charge >= 0.3 is 0 Å². The van der Waals surface area contributed by atoms with Gasteiger partial charge in [-0.3, -0.25) is 0 Å². The summed E-state index contributed by atoms with van der Waals surface area (Å²) < 4.78 is 4.60. The monoisotopic (exact) mass is 117 g/mol. The Bertz CT molecular complexity index is 144. The second-order valence-electron chi connectivity index (χ2n) is 1.15. The number of nitrogens with two attached hydrogens (primary N) is 1. The highest BCUT2D eigenvalue weighted by Gasteiger charge is 1.92. The van der Waals surface area contributed by atoms with E-state index in [9.17, 15) is 0 Å². The zero-order chi connectivity index (χ0) is 5.28. The topological polar surface area (TPSA) is 39.2 Å². The number of furan rings is 1. The lowest BCUT2D eigenvalue weighted by atomic mass is 10.6. The molecule has 0 spiro atoms. The Labute approximate surface area is 45.9 Å². The summed E-state index contributed by atoms with van der Waals surface area (Å²) in [5.41, 5.74) is 5.70. The quantitative estimate of drug-likeness (QED) is 0.560.